The topological polar surface area (TPSA) is 87.2 Å². The lowest BCUT2D eigenvalue weighted by atomic mass is 9.96. The van der Waals surface area contributed by atoms with Crippen LogP contribution >= 0.6 is 0 Å². The number of piperidine rings is 1. The van der Waals surface area contributed by atoms with E-state index in [1.807, 2.05) is 6.92 Å². The van der Waals surface area contributed by atoms with Crippen LogP contribution in [0.25, 0.3) is 0 Å². The third-order valence-corrected chi connectivity index (χ3v) is 6.06. The van der Waals surface area contributed by atoms with Crippen molar-refractivity contribution in [3.05, 3.63) is 29.8 Å². The highest BCUT2D eigenvalue weighted by atomic mass is 32.2. The second-order valence-electron chi connectivity index (χ2n) is 5.58. The normalized spacial score (nSPS) is 23.7. The van der Waals surface area contributed by atoms with Gasteiger partial charge >= 0.3 is 0 Å². The molecule has 1 saturated heterocycles. The molecule has 6 heteroatoms. The van der Waals surface area contributed by atoms with Crippen LogP contribution in [-0.2, 0) is 16.4 Å². The molecule has 1 fully saturated rings. The smallest absolute Gasteiger partial charge is 0.243 e. The summed E-state index contributed by atoms with van der Waals surface area (Å²) in [4.78, 5) is 0.286. The van der Waals surface area contributed by atoms with Crippen LogP contribution in [0.2, 0.25) is 0 Å². The second kappa shape index (κ2) is 6.56. The van der Waals surface area contributed by atoms with E-state index in [0.29, 0.717) is 13.1 Å². The van der Waals surface area contributed by atoms with Crippen molar-refractivity contribution < 1.29 is 8.42 Å². The Morgan fingerprint density at radius 3 is 2.57 bits per heavy atom. The van der Waals surface area contributed by atoms with Crippen LogP contribution in [0.15, 0.2) is 29.2 Å². The molecule has 1 heterocycles. The minimum absolute atomic E-state index is 0.00316. The van der Waals surface area contributed by atoms with Gasteiger partial charge in [-0.3, -0.25) is 0 Å². The SMILES string of the molecule is CC1CCC(CN)CN1S(=O)(=O)c1ccc(CC#N)cc1. The maximum Gasteiger partial charge on any atom is 0.243 e. The lowest BCUT2D eigenvalue weighted by Gasteiger charge is -2.36. The first-order valence-electron chi connectivity index (χ1n) is 7.17. The summed E-state index contributed by atoms with van der Waals surface area (Å²) in [5, 5.41) is 8.66. The van der Waals surface area contributed by atoms with E-state index in [4.69, 9.17) is 11.0 Å². The van der Waals surface area contributed by atoms with E-state index >= 15 is 0 Å². The van der Waals surface area contributed by atoms with Crippen LogP contribution in [0.4, 0.5) is 0 Å². The molecular weight excluding hydrogens is 286 g/mol. The Morgan fingerprint density at radius 1 is 1.33 bits per heavy atom. The van der Waals surface area contributed by atoms with Crippen LogP contribution in [0, 0.1) is 17.2 Å². The van der Waals surface area contributed by atoms with Crippen LogP contribution in [0.1, 0.15) is 25.3 Å². The van der Waals surface area contributed by atoms with E-state index in [1.54, 1.807) is 28.6 Å². The van der Waals surface area contributed by atoms with Crippen LogP contribution in [0.3, 0.4) is 0 Å². The van der Waals surface area contributed by atoms with Crippen molar-refractivity contribution in [3.63, 3.8) is 0 Å². The average Bonchev–Trinajstić information content (AvgIpc) is 2.48. The highest BCUT2D eigenvalue weighted by molar-refractivity contribution is 7.89. The molecule has 5 nitrogen and oxygen atoms in total. The summed E-state index contributed by atoms with van der Waals surface area (Å²) >= 11 is 0. The van der Waals surface area contributed by atoms with Crippen molar-refractivity contribution in [1.82, 2.24) is 4.31 Å². The Kier molecular flexibility index (Phi) is 4.99. The first-order chi connectivity index (χ1) is 9.98. The molecule has 1 aliphatic heterocycles. The average molecular weight is 307 g/mol. The van der Waals surface area contributed by atoms with Gasteiger partial charge in [-0.15, -0.1) is 0 Å². The Morgan fingerprint density at radius 2 is 2.00 bits per heavy atom. The zero-order valence-corrected chi connectivity index (χ0v) is 13.0. The van der Waals surface area contributed by atoms with E-state index in [2.05, 4.69) is 6.07 Å². The monoisotopic (exact) mass is 307 g/mol. The van der Waals surface area contributed by atoms with Crippen molar-refractivity contribution >= 4 is 10.0 Å². The molecule has 0 radical (unpaired) electrons. The Labute approximate surface area is 126 Å². The highest BCUT2D eigenvalue weighted by Crippen LogP contribution is 2.27. The molecule has 1 aromatic rings. The largest absolute Gasteiger partial charge is 0.330 e. The van der Waals surface area contributed by atoms with Gasteiger partial charge < -0.3 is 5.73 Å². The fourth-order valence-electron chi connectivity index (χ4n) is 2.68. The summed E-state index contributed by atoms with van der Waals surface area (Å²) in [6, 6.07) is 8.62. The molecule has 0 aromatic heterocycles. The fourth-order valence-corrected chi connectivity index (χ4v) is 4.42. The second-order valence-corrected chi connectivity index (χ2v) is 7.47. The van der Waals surface area contributed by atoms with Gasteiger partial charge in [0.15, 0.2) is 0 Å². The number of nitrogens with zero attached hydrogens (tertiary/aromatic N) is 2. The van der Waals surface area contributed by atoms with Crippen LogP contribution < -0.4 is 5.73 Å². The van der Waals surface area contributed by atoms with Gasteiger partial charge in [0.1, 0.15) is 0 Å². The van der Waals surface area contributed by atoms with Gasteiger partial charge in [-0.1, -0.05) is 12.1 Å². The summed E-state index contributed by atoms with van der Waals surface area (Å²) in [7, 11) is -3.49. The third-order valence-electron chi connectivity index (χ3n) is 4.07. The Bertz CT molecular complexity index is 619. The molecule has 1 aliphatic rings. The number of hydrogen-bond donors (Lipinski definition) is 1. The van der Waals surface area contributed by atoms with Gasteiger partial charge in [-0.25, -0.2) is 8.42 Å². The number of rotatable bonds is 4. The van der Waals surface area contributed by atoms with Crippen molar-refractivity contribution in [2.24, 2.45) is 11.7 Å². The molecule has 1 aromatic carbocycles. The van der Waals surface area contributed by atoms with Crippen molar-refractivity contribution in [2.75, 3.05) is 13.1 Å². The van der Waals surface area contributed by atoms with Gasteiger partial charge in [0.2, 0.25) is 10.0 Å². The number of benzene rings is 1. The predicted molar refractivity (Wildman–Crippen MR) is 80.9 cm³/mol. The van der Waals surface area contributed by atoms with Crippen LogP contribution in [-0.4, -0.2) is 31.9 Å². The minimum Gasteiger partial charge on any atom is -0.330 e. The Balaban J connectivity index is 2.25. The zero-order valence-electron chi connectivity index (χ0n) is 12.2. The molecule has 0 aliphatic carbocycles. The van der Waals surface area contributed by atoms with Gasteiger partial charge in [0.05, 0.1) is 17.4 Å². The van der Waals surface area contributed by atoms with Gasteiger partial charge in [0, 0.05) is 12.6 Å². The number of sulfonamides is 1. The lowest BCUT2D eigenvalue weighted by molar-refractivity contribution is 0.211. The molecule has 0 saturated carbocycles. The predicted octanol–water partition coefficient (Wildman–Crippen LogP) is 1.50. The number of hydrogen-bond acceptors (Lipinski definition) is 4. The lowest BCUT2D eigenvalue weighted by Crippen LogP contribution is -2.46. The molecule has 2 rings (SSSR count). The number of nitrogens with two attached hydrogens (primary N) is 1. The molecule has 0 bridgehead atoms. The highest BCUT2D eigenvalue weighted by Gasteiger charge is 2.34. The molecule has 2 atom stereocenters. The maximum absolute atomic E-state index is 12.7. The van der Waals surface area contributed by atoms with Gasteiger partial charge in [0.25, 0.3) is 0 Å². The standard InChI is InChI=1S/C15H21N3O2S/c1-12-2-3-14(10-17)11-18(12)21(19,20)15-6-4-13(5-7-15)8-9-16/h4-7,12,14H,2-3,8,10-11,17H2,1H3. The molecule has 2 N–H and O–H groups in total. The molecule has 114 valence electrons. The zero-order chi connectivity index (χ0) is 15.5. The summed E-state index contributed by atoms with van der Waals surface area (Å²) in [5.41, 5.74) is 6.52. The van der Waals surface area contributed by atoms with Crippen molar-refractivity contribution in [3.8, 4) is 6.07 Å². The van der Waals surface area contributed by atoms with E-state index < -0.39 is 10.0 Å². The molecular formula is C15H21N3O2S. The minimum atomic E-state index is -3.49. The van der Waals surface area contributed by atoms with E-state index in [9.17, 15) is 8.42 Å². The fraction of sp³-hybridized carbons (Fsp3) is 0.533. The molecule has 0 spiro atoms. The van der Waals surface area contributed by atoms with Crippen molar-refractivity contribution in [1.29, 1.82) is 5.26 Å². The van der Waals surface area contributed by atoms with E-state index in [-0.39, 0.29) is 23.3 Å². The van der Waals surface area contributed by atoms with E-state index in [1.165, 1.54) is 0 Å². The van der Waals surface area contributed by atoms with Crippen LogP contribution in [0.5, 0.6) is 0 Å². The summed E-state index contributed by atoms with van der Waals surface area (Å²) < 4.78 is 27.1. The molecule has 21 heavy (non-hydrogen) atoms. The summed E-state index contributed by atoms with van der Waals surface area (Å²) in [5.74, 6) is 0.230. The maximum atomic E-state index is 12.7. The third kappa shape index (κ3) is 3.43. The quantitative estimate of drug-likeness (QED) is 0.913. The van der Waals surface area contributed by atoms with E-state index in [0.717, 1.165) is 18.4 Å². The number of nitriles is 1. The molecule has 2 unspecified atom stereocenters. The summed E-state index contributed by atoms with van der Waals surface area (Å²) in [6.07, 6.45) is 2.11. The van der Waals surface area contributed by atoms with Gasteiger partial charge in [-0.05, 0) is 49.9 Å². The van der Waals surface area contributed by atoms with Crippen molar-refractivity contribution in [2.45, 2.75) is 37.1 Å². The first kappa shape index (κ1) is 16.0. The van der Waals surface area contributed by atoms with Gasteiger partial charge in [-0.2, -0.15) is 9.57 Å². The summed E-state index contributed by atoms with van der Waals surface area (Å²) in [6.45, 7) is 2.94. The molecule has 0 amide bonds. The first-order valence-corrected chi connectivity index (χ1v) is 8.61. The Hall–Kier alpha value is -1.42.